The number of benzene rings is 4. The molecule has 0 unspecified atom stereocenters. The van der Waals surface area contributed by atoms with Crippen molar-refractivity contribution in [2.24, 2.45) is 4.99 Å². The molecule has 0 spiro atoms. The van der Waals surface area contributed by atoms with Crippen molar-refractivity contribution in [1.29, 1.82) is 0 Å². The number of halogens is 4. The zero-order valence-electron chi connectivity index (χ0n) is 22.3. The Bertz CT molecular complexity index is 1670. The largest absolute Gasteiger partial charge is 0.493 e. The molecule has 1 fully saturated rings. The molecule has 1 amide bonds. The minimum absolute atomic E-state index is 0.113. The first-order valence-electron chi connectivity index (χ1n) is 12.8. The highest BCUT2D eigenvalue weighted by Crippen LogP contribution is 2.45. The third-order valence-corrected chi connectivity index (χ3v) is 10.3. The molecule has 0 N–H and O–H groups in total. The molecule has 0 atom stereocenters. The Kier molecular flexibility index (Phi) is 10.3. The fraction of sp³-hybridized carbons (Fsp3) is 0.125. The van der Waals surface area contributed by atoms with Crippen LogP contribution in [0.2, 0.25) is 10.0 Å². The van der Waals surface area contributed by atoms with Gasteiger partial charge in [-0.3, -0.25) is 14.7 Å². The van der Waals surface area contributed by atoms with Crippen molar-refractivity contribution in [2.45, 2.75) is 19.7 Å². The van der Waals surface area contributed by atoms with Crippen molar-refractivity contribution in [3.8, 4) is 11.5 Å². The number of aliphatic imine (C=N–C) groups is 1. The number of ether oxygens (including phenoxy) is 2. The highest BCUT2D eigenvalue weighted by Gasteiger charge is 2.33. The van der Waals surface area contributed by atoms with Gasteiger partial charge in [-0.25, -0.2) is 0 Å². The van der Waals surface area contributed by atoms with Crippen LogP contribution in [0, 0.1) is 0 Å². The minimum atomic E-state index is -0.113. The first-order valence-corrected chi connectivity index (χ1v) is 16.0. The number of amides is 1. The molecule has 42 heavy (non-hydrogen) atoms. The summed E-state index contributed by atoms with van der Waals surface area (Å²) in [6.07, 6.45) is 1.84. The van der Waals surface area contributed by atoms with Gasteiger partial charge >= 0.3 is 0 Å². The zero-order chi connectivity index (χ0) is 29.6. The third-order valence-electron chi connectivity index (χ3n) is 6.34. The summed E-state index contributed by atoms with van der Waals surface area (Å²) in [4.78, 5) is 20.8. The van der Waals surface area contributed by atoms with E-state index < -0.39 is 0 Å². The van der Waals surface area contributed by atoms with E-state index in [9.17, 15) is 4.79 Å². The molecule has 0 bridgehead atoms. The van der Waals surface area contributed by atoms with Crippen LogP contribution in [0.5, 0.6) is 11.5 Å². The van der Waals surface area contributed by atoms with Gasteiger partial charge in [-0.2, -0.15) is 0 Å². The first-order chi connectivity index (χ1) is 20.3. The summed E-state index contributed by atoms with van der Waals surface area (Å²) in [5, 5.41) is 1.59. The number of carbonyl (C=O) groups is 1. The van der Waals surface area contributed by atoms with Gasteiger partial charge in [0.15, 0.2) is 16.7 Å². The third kappa shape index (κ3) is 7.24. The van der Waals surface area contributed by atoms with Gasteiger partial charge in [0.1, 0.15) is 6.61 Å². The number of hydrogen-bond acceptors (Lipinski definition) is 5. The van der Waals surface area contributed by atoms with Crippen molar-refractivity contribution in [2.75, 3.05) is 7.11 Å². The lowest BCUT2D eigenvalue weighted by molar-refractivity contribution is -0.122. The summed E-state index contributed by atoms with van der Waals surface area (Å²) in [5.74, 6) is 0.906. The maximum Gasteiger partial charge on any atom is 0.267 e. The van der Waals surface area contributed by atoms with Gasteiger partial charge in [-0.15, -0.1) is 0 Å². The van der Waals surface area contributed by atoms with Crippen molar-refractivity contribution in [1.82, 2.24) is 4.90 Å². The maximum absolute atomic E-state index is 13.7. The molecule has 1 saturated heterocycles. The normalized spacial score (nSPS) is 15.1. The molecule has 0 aliphatic carbocycles. The zero-order valence-corrected chi connectivity index (χ0v) is 27.8. The lowest BCUT2D eigenvalue weighted by Gasteiger charge is -2.16. The number of thioether (sulfide) groups is 1. The molecule has 5 rings (SSSR count). The van der Waals surface area contributed by atoms with Crippen molar-refractivity contribution < 1.29 is 14.3 Å². The van der Waals surface area contributed by atoms with E-state index in [1.807, 2.05) is 78.9 Å². The van der Waals surface area contributed by atoms with Crippen molar-refractivity contribution >= 4 is 84.0 Å². The summed E-state index contributed by atoms with van der Waals surface area (Å²) in [5.41, 5.74) is 3.70. The molecule has 4 aromatic rings. The maximum atomic E-state index is 13.7. The Morgan fingerprint density at radius 1 is 0.881 bits per heavy atom. The average molecular weight is 747 g/mol. The van der Waals surface area contributed by atoms with Crippen LogP contribution in [0.1, 0.15) is 22.3 Å². The van der Waals surface area contributed by atoms with Gasteiger partial charge in [0.25, 0.3) is 5.91 Å². The number of amidine groups is 1. The molecule has 10 heteroatoms. The van der Waals surface area contributed by atoms with E-state index >= 15 is 0 Å². The second kappa shape index (κ2) is 14.1. The van der Waals surface area contributed by atoms with E-state index in [1.54, 1.807) is 24.1 Å². The Hall–Kier alpha value is -2.75. The van der Waals surface area contributed by atoms with Crippen LogP contribution in [0.4, 0.5) is 0 Å². The Morgan fingerprint density at radius 2 is 1.57 bits per heavy atom. The quantitative estimate of drug-likeness (QED) is 0.160. The number of methoxy groups -OCH3 is 1. The molecule has 4 aromatic carbocycles. The molecule has 0 radical (unpaired) electrons. The fourth-order valence-corrected chi connectivity index (χ4v) is 6.43. The van der Waals surface area contributed by atoms with Crippen LogP contribution in [0.15, 0.2) is 104 Å². The second-order valence-electron chi connectivity index (χ2n) is 9.23. The molecule has 0 saturated carbocycles. The predicted octanol–water partition coefficient (Wildman–Crippen LogP) is 9.78. The number of rotatable bonds is 9. The molecular formula is C32H24Br2Cl2N2O3S. The van der Waals surface area contributed by atoms with E-state index in [1.165, 1.54) is 11.8 Å². The van der Waals surface area contributed by atoms with Gasteiger partial charge in [-0.1, -0.05) is 89.9 Å². The minimum Gasteiger partial charge on any atom is -0.493 e. The second-order valence-corrected chi connectivity index (χ2v) is 12.6. The van der Waals surface area contributed by atoms with Gasteiger partial charge in [-0.05, 0) is 90.2 Å². The molecule has 214 valence electrons. The Labute approximate surface area is 275 Å². The lowest BCUT2D eigenvalue weighted by atomic mass is 10.1. The lowest BCUT2D eigenvalue weighted by Crippen LogP contribution is -2.28. The molecule has 0 aromatic heterocycles. The van der Waals surface area contributed by atoms with Crippen molar-refractivity contribution in [3.05, 3.63) is 131 Å². The topological polar surface area (TPSA) is 51.1 Å². The van der Waals surface area contributed by atoms with E-state index in [-0.39, 0.29) is 12.5 Å². The summed E-state index contributed by atoms with van der Waals surface area (Å²) >= 11 is 20.9. The van der Waals surface area contributed by atoms with Gasteiger partial charge in [0, 0.05) is 4.47 Å². The van der Waals surface area contributed by atoms with Gasteiger partial charge in [0.05, 0.1) is 39.6 Å². The standard InChI is InChI=1S/C32H24Br2Cl2N2O3S/c1-40-26-15-23(28(33)29(34)30(26)41-19-22-12-13-24(35)25(36)14-22)16-27-31(39)38(18-21-10-6-3-7-11-21)32(42-27)37-17-20-8-4-2-5-9-20/h2-16H,17-19H2,1H3/b27-16-,37-32?. The van der Waals surface area contributed by atoms with Gasteiger partial charge in [0.2, 0.25) is 0 Å². The Balaban J connectivity index is 1.44. The van der Waals surface area contributed by atoms with Crippen LogP contribution < -0.4 is 9.47 Å². The molecule has 5 nitrogen and oxygen atoms in total. The van der Waals surface area contributed by atoms with E-state index in [2.05, 4.69) is 31.9 Å². The average Bonchev–Trinajstić information content (AvgIpc) is 3.29. The molecule has 1 heterocycles. The number of hydrogen-bond donors (Lipinski definition) is 0. The number of carbonyl (C=O) groups excluding carboxylic acids is 1. The smallest absolute Gasteiger partial charge is 0.267 e. The predicted molar refractivity (Wildman–Crippen MR) is 179 cm³/mol. The molecule has 1 aliphatic rings. The van der Waals surface area contributed by atoms with Crippen LogP contribution in [0.25, 0.3) is 6.08 Å². The summed E-state index contributed by atoms with van der Waals surface area (Å²) < 4.78 is 13.2. The van der Waals surface area contributed by atoms with E-state index in [0.717, 1.165) is 26.7 Å². The van der Waals surface area contributed by atoms with Crippen LogP contribution in [-0.2, 0) is 24.5 Å². The summed E-state index contributed by atoms with van der Waals surface area (Å²) in [6.45, 7) is 1.15. The van der Waals surface area contributed by atoms with Crippen LogP contribution in [0.3, 0.4) is 0 Å². The highest BCUT2D eigenvalue weighted by atomic mass is 79.9. The van der Waals surface area contributed by atoms with E-state index in [4.69, 9.17) is 37.7 Å². The van der Waals surface area contributed by atoms with Crippen LogP contribution in [-0.4, -0.2) is 23.1 Å². The first kappa shape index (κ1) is 30.7. The molecular weight excluding hydrogens is 723 g/mol. The van der Waals surface area contributed by atoms with Crippen molar-refractivity contribution in [3.63, 3.8) is 0 Å². The Morgan fingerprint density at radius 3 is 2.24 bits per heavy atom. The van der Waals surface area contributed by atoms with Crippen LogP contribution >= 0.6 is 66.8 Å². The highest BCUT2D eigenvalue weighted by molar-refractivity contribution is 9.13. The van der Waals surface area contributed by atoms with E-state index in [0.29, 0.717) is 49.2 Å². The fourth-order valence-electron chi connectivity index (χ4n) is 4.20. The summed E-state index contributed by atoms with van der Waals surface area (Å²) in [6, 6.07) is 27.1. The molecule has 1 aliphatic heterocycles. The number of nitrogens with zero attached hydrogens (tertiary/aromatic N) is 2. The SMILES string of the molecule is COc1cc(/C=C2\SC(=NCc3ccccc3)N(Cc3ccccc3)C2=O)c(Br)c(Br)c1OCc1ccc(Cl)c(Cl)c1. The monoisotopic (exact) mass is 744 g/mol. The summed E-state index contributed by atoms with van der Waals surface area (Å²) in [7, 11) is 1.57. The van der Waals surface area contributed by atoms with Gasteiger partial charge < -0.3 is 9.47 Å².